The molecule has 0 bridgehead atoms. The third-order valence-corrected chi connectivity index (χ3v) is 3.12. The lowest BCUT2D eigenvalue weighted by molar-refractivity contribution is 0.473. The fourth-order valence-corrected chi connectivity index (χ4v) is 2.24. The lowest BCUT2D eigenvalue weighted by Crippen LogP contribution is -2.09. The van der Waals surface area contributed by atoms with Crippen LogP contribution in [0.25, 0.3) is 0 Å². The van der Waals surface area contributed by atoms with Crippen LogP contribution >= 0.6 is 0 Å². The summed E-state index contributed by atoms with van der Waals surface area (Å²) in [6.45, 7) is 15.6. The van der Waals surface area contributed by atoms with Crippen LogP contribution in [0.5, 0.6) is 0 Å². The Kier molecular flexibility index (Phi) is 2.70. The van der Waals surface area contributed by atoms with Crippen molar-refractivity contribution < 1.29 is 0 Å². The SMILES string of the molecule is C=C1C(CC)=C(C(C)(C)C)CC1C. The Bertz CT molecular complexity index is 248. The Balaban J connectivity index is 3.06. The van der Waals surface area contributed by atoms with Crippen molar-refractivity contribution in [2.75, 3.05) is 0 Å². The molecule has 0 heterocycles. The smallest absolute Gasteiger partial charge is 0.0156 e. The molecule has 0 fully saturated rings. The monoisotopic (exact) mass is 178 g/mol. The molecule has 1 aliphatic carbocycles. The van der Waals surface area contributed by atoms with Crippen molar-refractivity contribution in [2.45, 2.75) is 47.5 Å². The second kappa shape index (κ2) is 3.32. The summed E-state index contributed by atoms with van der Waals surface area (Å²) in [7, 11) is 0. The molecule has 1 aliphatic rings. The summed E-state index contributed by atoms with van der Waals surface area (Å²) in [6, 6.07) is 0. The van der Waals surface area contributed by atoms with Crippen LogP contribution in [0.2, 0.25) is 0 Å². The van der Waals surface area contributed by atoms with Gasteiger partial charge >= 0.3 is 0 Å². The summed E-state index contributed by atoms with van der Waals surface area (Å²) < 4.78 is 0. The van der Waals surface area contributed by atoms with Gasteiger partial charge in [0.15, 0.2) is 0 Å². The van der Waals surface area contributed by atoms with E-state index in [-0.39, 0.29) is 0 Å². The largest absolute Gasteiger partial charge is 0.0953 e. The minimum atomic E-state index is 0.332. The Morgan fingerprint density at radius 2 is 1.92 bits per heavy atom. The van der Waals surface area contributed by atoms with Gasteiger partial charge in [0.2, 0.25) is 0 Å². The fourth-order valence-electron chi connectivity index (χ4n) is 2.24. The molecular formula is C13H22. The van der Waals surface area contributed by atoms with Crippen LogP contribution in [0.4, 0.5) is 0 Å². The molecule has 0 saturated heterocycles. The van der Waals surface area contributed by atoms with Gasteiger partial charge in [0.25, 0.3) is 0 Å². The molecule has 0 aromatic rings. The number of hydrogen-bond donors (Lipinski definition) is 0. The molecule has 1 unspecified atom stereocenters. The van der Waals surface area contributed by atoms with Crippen LogP contribution in [0.1, 0.15) is 47.5 Å². The number of rotatable bonds is 1. The number of hydrogen-bond acceptors (Lipinski definition) is 0. The van der Waals surface area contributed by atoms with E-state index >= 15 is 0 Å². The van der Waals surface area contributed by atoms with Gasteiger partial charge in [-0.1, -0.05) is 46.8 Å². The van der Waals surface area contributed by atoms with Gasteiger partial charge in [0.05, 0.1) is 0 Å². The van der Waals surface area contributed by atoms with Gasteiger partial charge in [0, 0.05) is 0 Å². The first kappa shape index (κ1) is 10.6. The van der Waals surface area contributed by atoms with Gasteiger partial charge in [-0.15, -0.1) is 0 Å². The highest BCUT2D eigenvalue weighted by Gasteiger charge is 2.30. The molecule has 74 valence electrons. The Hall–Kier alpha value is -0.520. The third-order valence-electron chi connectivity index (χ3n) is 3.12. The van der Waals surface area contributed by atoms with E-state index in [1.165, 1.54) is 12.0 Å². The number of allylic oxidation sites excluding steroid dienone is 3. The van der Waals surface area contributed by atoms with E-state index in [9.17, 15) is 0 Å². The van der Waals surface area contributed by atoms with E-state index in [1.807, 2.05) is 0 Å². The average Bonchev–Trinajstić information content (AvgIpc) is 2.28. The van der Waals surface area contributed by atoms with Crippen LogP contribution in [0, 0.1) is 11.3 Å². The quantitative estimate of drug-likeness (QED) is 0.560. The summed E-state index contributed by atoms with van der Waals surface area (Å²) in [6.07, 6.45) is 2.38. The Morgan fingerprint density at radius 1 is 1.38 bits per heavy atom. The summed E-state index contributed by atoms with van der Waals surface area (Å²) in [4.78, 5) is 0. The van der Waals surface area contributed by atoms with E-state index in [0.717, 1.165) is 6.42 Å². The topological polar surface area (TPSA) is 0 Å². The molecule has 1 rings (SSSR count). The van der Waals surface area contributed by atoms with Crippen LogP contribution in [0.15, 0.2) is 23.3 Å². The highest BCUT2D eigenvalue weighted by Crippen LogP contribution is 2.44. The standard InChI is InChI=1S/C13H22/c1-7-11-10(3)9(2)8-12(11)13(4,5)6/h9H,3,7-8H2,1-2,4-6H3. The molecule has 0 aromatic carbocycles. The molecule has 0 aromatic heterocycles. The molecular weight excluding hydrogens is 156 g/mol. The molecule has 0 radical (unpaired) electrons. The summed E-state index contributed by atoms with van der Waals surface area (Å²) in [5.74, 6) is 0.671. The second-order valence-corrected chi connectivity index (χ2v) is 5.19. The zero-order chi connectivity index (χ0) is 10.2. The van der Waals surface area contributed by atoms with Gasteiger partial charge in [-0.2, -0.15) is 0 Å². The molecule has 0 spiro atoms. The lowest BCUT2D eigenvalue weighted by atomic mass is 9.83. The maximum Gasteiger partial charge on any atom is -0.0156 e. The molecule has 0 nitrogen and oxygen atoms in total. The van der Waals surface area contributed by atoms with Crippen molar-refractivity contribution in [2.24, 2.45) is 11.3 Å². The molecule has 13 heavy (non-hydrogen) atoms. The van der Waals surface area contributed by atoms with E-state index in [0.29, 0.717) is 11.3 Å². The third kappa shape index (κ3) is 1.87. The maximum atomic E-state index is 4.19. The molecule has 0 saturated carbocycles. The second-order valence-electron chi connectivity index (χ2n) is 5.19. The predicted octanol–water partition coefficient (Wildman–Crippen LogP) is 4.34. The summed E-state index contributed by atoms with van der Waals surface area (Å²) in [5.41, 5.74) is 4.89. The first-order valence-electron chi connectivity index (χ1n) is 5.29. The zero-order valence-electron chi connectivity index (χ0n) is 9.70. The van der Waals surface area contributed by atoms with Crippen LogP contribution in [-0.2, 0) is 0 Å². The van der Waals surface area contributed by atoms with E-state index < -0.39 is 0 Å². The predicted molar refractivity (Wildman–Crippen MR) is 59.7 cm³/mol. The molecule has 0 aliphatic heterocycles. The summed E-state index contributed by atoms with van der Waals surface area (Å²) >= 11 is 0. The van der Waals surface area contributed by atoms with Gasteiger partial charge in [-0.3, -0.25) is 0 Å². The van der Waals surface area contributed by atoms with Crippen LogP contribution in [-0.4, -0.2) is 0 Å². The van der Waals surface area contributed by atoms with Gasteiger partial charge in [-0.05, 0) is 35.3 Å². The summed E-state index contributed by atoms with van der Waals surface area (Å²) in [5, 5.41) is 0. The van der Waals surface area contributed by atoms with Gasteiger partial charge in [0.1, 0.15) is 0 Å². The van der Waals surface area contributed by atoms with Crippen molar-refractivity contribution in [1.29, 1.82) is 0 Å². The normalized spacial score (nSPS) is 24.4. The highest BCUT2D eigenvalue weighted by molar-refractivity contribution is 5.43. The van der Waals surface area contributed by atoms with Gasteiger partial charge in [-0.25, -0.2) is 0 Å². The van der Waals surface area contributed by atoms with Gasteiger partial charge < -0.3 is 0 Å². The first-order valence-corrected chi connectivity index (χ1v) is 5.29. The molecule has 0 amide bonds. The van der Waals surface area contributed by atoms with E-state index in [4.69, 9.17) is 0 Å². The van der Waals surface area contributed by atoms with Crippen molar-refractivity contribution in [3.05, 3.63) is 23.3 Å². The van der Waals surface area contributed by atoms with Crippen molar-refractivity contribution in [3.8, 4) is 0 Å². The van der Waals surface area contributed by atoms with Crippen molar-refractivity contribution in [1.82, 2.24) is 0 Å². The minimum Gasteiger partial charge on any atom is -0.0953 e. The maximum absolute atomic E-state index is 4.19. The lowest BCUT2D eigenvalue weighted by Gasteiger charge is -2.22. The molecule has 1 atom stereocenters. The van der Waals surface area contributed by atoms with E-state index in [1.54, 1.807) is 11.1 Å². The van der Waals surface area contributed by atoms with Crippen molar-refractivity contribution in [3.63, 3.8) is 0 Å². The minimum absolute atomic E-state index is 0.332. The Labute approximate surface area is 82.7 Å². The fraction of sp³-hybridized carbons (Fsp3) is 0.692. The van der Waals surface area contributed by atoms with Crippen LogP contribution < -0.4 is 0 Å². The highest BCUT2D eigenvalue weighted by atomic mass is 14.3. The Morgan fingerprint density at radius 3 is 2.23 bits per heavy atom. The van der Waals surface area contributed by atoms with E-state index in [2.05, 4.69) is 41.2 Å². The van der Waals surface area contributed by atoms with Crippen LogP contribution in [0.3, 0.4) is 0 Å². The average molecular weight is 178 g/mol. The first-order chi connectivity index (χ1) is 5.88. The molecule has 0 N–H and O–H groups in total. The molecule has 0 heteroatoms. The zero-order valence-corrected chi connectivity index (χ0v) is 9.70. The van der Waals surface area contributed by atoms with Crippen molar-refractivity contribution >= 4 is 0 Å².